The average molecular weight is 439 g/mol. The van der Waals surface area contributed by atoms with Gasteiger partial charge in [-0.25, -0.2) is 27.9 Å². The number of carbonyl (C=O) groups is 1. The van der Waals surface area contributed by atoms with Crippen LogP contribution in [0.2, 0.25) is 0 Å². The molecular formula is C20H30N4O5S. The Morgan fingerprint density at radius 2 is 1.87 bits per heavy atom. The SMILES string of the molecule is COC(=O)N1[C@H](C)C[C@H](NS(C)(=O)=O)[C@@H]1COC1CC2CC(C1)C2c1ncccn1. The lowest BCUT2D eigenvalue weighted by Gasteiger charge is -2.51. The minimum atomic E-state index is -3.40. The molecule has 1 N–H and O–H groups in total. The number of carbonyl (C=O) groups excluding carboxylic acids is 1. The Hall–Kier alpha value is -1.78. The summed E-state index contributed by atoms with van der Waals surface area (Å²) in [5.74, 6) is 2.36. The molecule has 1 aliphatic heterocycles. The highest BCUT2D eigenvalue weighted by Gasteiger charge is 2.50. The molecule has 1 aromatic heterocycles. The van der Waals surface area contributed by atoms with E-state index < -0.39 is 28.2 Å². The summed E-state index contributed by atoms with van der Waals surface area (Å²) >= 11 is 0. The Morgan fingerprint density at radius 3 is 2.47 bits per heavy atom. The van der Waals surface area contributed by atoms with Crippen LogP contribution >= 0.6 is 0 Å². The van der Waals surface area contributed by atoms with Crippen LogP contribution in [0.1, 0.15) is 44.3 Å². The topological polar surface area (TPSA) is 111 Å². The molecule has 1 amide bonds. The molecule has 5 atom stereocenters. The van der Waals surface area contributed by atoms with Crippen molar-refractivity contribution in [2.75, 3.05) is 20.0 Å². The Bertz CT molecular complexity index is 855. The molecule has 2 unspecified atom stereocenters. The number of methoxy groups -OCH3 is 1. The van der Waals surface area contributed by atoms with Gasteiger partial charge in [-0.1, -0.05) is 0 Å². The Balaban J connectivity index is 1.39. The molecule has 1 saturated heterocycles. The monoisotopic (exact) mass is 438 g/mol. The van der Waals surface area contributed by atoms with Crippen LogP contribution in [-0.4, -0.2) is 73.6 Å². The number of hydrogen-bond donors (Lipinski definition) is 1. The van der Waals surface area contributed by atoms with Gasteiger partial charge >= 0.3 is 6.09 Å². The average Bonchev–Trinajstić information content (AvgIpc) is 2.99. The van der Waals surface area contributed by atoms with Crippen molar-refractivity contribution in [2.45, 2.75) is 62.8 Å². The fraction of sp³-hybridized carbons (Fsp3) is 0.750. The zero-order valence-electron chi connectivity index (χ0n) is 17.6. The first-order chi connectivity index (χ1) is 14.3. The van der Waals surface area contributed by atoms with Crippen molar-refractivity contribution in [3.8, 4) is 0 Å². The molecule has 4 aliphatic rings. The highest BCUT2D eigenvalue weighted by atomic mass is 32.2. The zero-order valence-corrected chi connectivity index (χ0v) is 18.4. The lowest BCUT2D eigenvalue weighted by atomic mass is 9.56. The van der Waals surface area contributed by atoms with Crippen molar-refractivity contribution in [3.05, 3.63) is 24.3 Å². The van der Waals surface area contributed by atoms with Crippen molar-refractivity contribution in [2.24, 2.45) is 11.8 Å². The van der Waals surface area contributed by atoms with E-state index in [1.165, 1.54) is 13.5 Å². The number of fused-ring (bicyclic) bond motifs is 2. The largest absolute Gasteiger partial charge is 0.453 e. The zero-order chi connectivity index (χ0) is 21.5. The number of rotatable bonds is 6. The third-order valence-corrected chi connectivity index (χ3v) is 7.51. The maximum Gasteiger partial charge on any atom is 0.410 e. The molecule has 2 heterocycles. The van der Waals surface area contributed by atoms with Gasteiger partial charge < -0.3 is 9.47 Å². The van der Waals surface area contributed by atoms with E-state index in [1.807, 2.05) is 13.0 Å². The number of amides is 1. The molecule has 1 aromatic rings. The van der Waals surface area contributed by atoms with E-state index in [0.29, 0.717) is 24.2 Å². The second-order valence-electron chi connectivity index (χ2n) is 8.84. The number of aromatic nitrogens is 2. The van der Waals surface area contributed by atoms with Crippen LogP contribution in [0.3, 0.4) is 0 Å². The summed E-state index contributed by atoms with van der Waals surface area (Å²) in [6.45, 7) is 2.18. The summed E-state index contributed by atoms with van der Waals surface area (Å²) in [5.41, 5.74) is 0. The van der Waals surface area contributed by atoms with Crippen molar-refractivity contribution >= 4 is 16.1 Å². The van der Waals surface area contributed by atoms with E-state index in [-0.39, 0.29) is 18.8 Å². The first-order valence-corrected chi connectivity index (χ1v) is 12.4. The van der Waals surface area contributed by atoms with Gasteiger partial charge in [0.2, 0.25) is 10.0 Å². The smallest absolute Gasteiger partial charge is 0.410 e. The number of likely N-dealkylation sites (tertiary alicyclic amines) is 1. The van der Waals surface area contributed by atoms with Crippen molar-refractivity contribution in [1.29, 1.82) is 0 Å². The molecule has 10 heteroatoms. The van der Waals surface area contributed by atoms with Crippen LogP contribution in [-0.2, 0) is 19.5 Å². The van der Waals surface area contributed by atoms with Crippen molar-refractivity contribution < 1.29 is 22.7 Å². The lowest BCUT2D eigenvalue weighted by molar-refractivity contribution is -0.0780. The van der Waals surface area contributed by atoms with Crippen LogP contribution in [0.25, 0.3) is 0 Å². The van der Waals surface area contributed by atoms with Gasteiger partial charge in [0.25, 0.3) is 0 Å². The predicted octanol–water partition coefficient (Wildman–Crippen LogP) is 1.52. The molecule has 9 nitrogen and oxygen atoms in total. The number of nitrogens with one attached hydrogen (secondary N) is 1. The molecule has 2 bridgehead atoms. The molecule has 0 spiro atoms. The maximum atomic E-state index is 12.3. The Kier molecular flexibility index (Phi) is 6.00. The minimum Gasteiger partial charge on any atom is -0.453 e. The van der Waals surface area contributed by atoms with Gasteiger partial charge in [-0.15, -0.1) is 0 Å². The Labute approximate surface area is 177 Å². The van der Waals surface area contributed by atoms with Crippen molar-refractivity contribution in [3.63, 3.8) is 0 Å². The normalized spacial score (nSPS) is 35.7. The molecular weight excluding hydrogens is 408 g/mol. The third-order valence-electron chi connectivity index (χ3n) is 6.78. The summed E-state index contributed by atoms with van der Waals surface area (Å²) in [6, 6.07) is 0.913. The fourth-order valence-corrected chi connectivity index (χ4v) is 6.38. The lowest BCUT2D eigenvalue weighted by Crippen LogP contribution is -2.51. The highest BCUT2D eigenvalue weighted by molar-refractivity contribution is 7.88. The summed E-state index contributed by atoms with van der Waals surface area (Å²) in [7, 11) is -2.06. The van der Waals surface area contributed by atoms with Crippen LogP contribution in [0.15, 0.2) is 18.5 Å². The summed E-state index contributed by atoms with van der Waals surface area (Å²) < 4.78 is 37.5. The third kappa shape index (κ3) is 4.31. The maximum absolute atomic E-state index is 12.3. The number of hydrogen-bond acceptors (Lipinski definition) is 7. The summed E-state index contributed by atoms with van der Waals surface area (Å²) in [5, 5.41) is 0. The van der Waals surface area contributed by atoms with Gasteiger partial charge in [-0.2, -0.15) is 0 Å². The van der Waals surface area contributed by atoms with Gasteiger partial charge in [0.1, 0.15) is 5.82 Å². The molecule has 3 saturated carbocycles. The number of sulfonamides is 1. The van der Waals surface area contributed by atoms with Crippen LogP contribution in [0, 0.1) is 11.8 Å². The fourth-order valence-electron chi connectivity index (χ4n) is 5.58. The molecule has 5 rings (SSSR count). The number of nitrogens with zero attached hydrogens (tertiary/aromatic N) is 3. The van der Waals surface area contributed by atoms with E-state index >= 15 is 0 Å². The molecule has 0 aromatic carbocycles. The summed E-state index contributed by atoms with van der Waals surface area (Å²) in [4.78, 5) is 22.8. The standard InChI is InChI=1S/C20H30N4O5S/c1-12-7-16(23-30(3,26)27)17(24(12)20(25)28-2)11-29-15-9-13-8-14(10-15)18(13)19-21-5-4-6-22-19/h4-6,12-18,23H,7-11H2,1-3H3/t12-,13?,14?,15?,16+,17+,18?/m1/s1. The van der Waals surface area contributed by atoms with Gasteiger partial charge in [-0.05, 0) is 50.5 Å². The molecule has 166 valence electrons. The van der Waals surface area contributed by atoms with E-state index in [9.17, 15) is 13.2 Å². The Morgan fingerprint density at radius 1 is 1.20 bits per heavy atom. The van der Waals surface area contributed by atoms with Crippen LogP contribution < -0.4 is 4.72 Å². The molecule has 4 fully saturated rings. The van der Waals surface area contributed by atoms with E-state index in [2.05, 4.69) is 14.7 Å². The molecule has 0 radical (unpaired) electrons. The van der Waals surface area contributed by atoms with Gasteiger partial charge in [0, 0.05) is 30.4 Å². The minimum absolute atomic E-state index is 0.1000. The number of ether oxygens (including phenoxy) is 2. The first kappa shape index (κ1) is 21.5. The van der Waals surface area contributed by atoms with Gasteiger partial charge in [0.15, 0.2) is 0 Å². The second kappa shape index (κ2) is 8.39. The van der Waals surface area contributed by atoms with E-state index in [1.54, 1.807) is 17.3 Å². The quantitative estimate of drug-likeness (QED) is 0.717. The van der Waals surface area contributed by atoms with Gasteiger partial charge in [0.05, 0.1) is 32.1 Å². The second-order valence-corrected chi connectivity index (χ2v) is 10.6. The molecule has 3 aliphatic carbocycles. The van der Waals surface area contributed by atoms with Crippen molar-refractivity contribution in [1.82, 2.24) is 19.6 Å². The predicted molar refractivity (Wildman–Crippen MR) is 109 cm³/mol. The molecule has 30 heavy (non-hydrogen) atoms. The van der Waals surface area contributed by atoms with Crippen LogP contribution in [0.5, 0.6) is 0 Å². The first-order valence-electron chi connectivity index (χ1n) is 10.5. The van der Waals surface area contributed by atoms with E-state index in [4.69, 9.17) is 9.47 Å². The van der Waals surface area contributed by atoms with Crippen LogP contribution in [0.4, 0.5) is 4.79 Å². The summed E-state index contributed by atoms with van der Waals surface area (Å²) in [6.07, 6.45) is 7.94. The van der Waals surface area contributed by atoms with E-state index in [0.717, 1.165) is 24.9 Å². The highest BCUT2D eigenvalue weighted by Crippen LogP contribution is 2.55. The van der Waals surface area contributed by atoms with Gasteiger partial charge in [-0.3, -0.25) is 4.90 Å².